The summed E-state index contributed by atoms with van der Waals surface area (Å²) >= 11 is 8.09. The molecule has 0 saturated carbocycles. The fourth-order valence-electron chi connectivity index (χ4n) is 2.63. The summed E-state index contributed by atoms with van der Waals surface area (Å²) in [5, 5.41) is 17.7. The van der Waals surface area contributed by atoms with Crippen molar-refractivity contribution in [2.75, 3.05) is 5.43 Å². The topological polar surface area (TPSA) is 111 Å². The number of nitro benzene ring substituents is 1. The number of benzene rings is 2. The molecule has 4 rings (SSSR count). The first-order chi connectivity index (χ1) is 14.4. The molecule has 0 bridgehead atoms. The van der Waals surface area contributed by atoms with Gasteiger partial charge in [-0.25, -0.2) is 9.78 Å². The Kier molecular flexibility index (Phi) is 5.75. The minimum atomic E-state index is -0.489. The van der Waals surface area contributed by atoms with Crippen molar-refractivity contribution < 1.29 is 9.34 Å². The minimum Gasteiger partial charge on any atom is -0.421 e. The summed E-state index contributed by atoms with van der Waals surface area (Å²) in [7, 11) is 0. The maximum Gasteiger partial charge on any atom is 0.345 e. The highest BCUT2D eigenvalue weighted by Gasteiger charge is 2.13. The Hall–Kier alpha value is -2.89. The van der Waals surface area contributed by atoms with Gasteiger partial charge in [0, 0.05) is 27.4 Å². The maximum atomic E-state index is 12.4. The monoisotopic (exact) mass is 548 g/mol. The lowest BCUT2D eigenvalue weighted by Gasteiger charge is -2.03. The molecule has 0 aliphatic carbocycles. The van der Waals surface area contributed by atoms with Gasteiger partial charge in [-0.1, -0.05) is 15.9 Å². The number of hydrogen-bond donors (Lipinski definition) is 1. The molecule has 4 aromatic rings. The molecular weight excluding hydrogens is 540 g/mol. The van der Waals surface area contributed by atoms with Crippen molar-refractivity contribution in [3.8, 4) is 11.3 Å². The second-order valence-electron chi connectivity index (χ2n) is 6.01. The quantitative estimate of drug-likeness (QED) is 0.146. The predicted molar refractivity (Wildman–Crippen MR) is 123 cm³/mol. The van der Waals surface area contributed by atoms with Crippen LogP contribution in [0.2, 0.25) is 0 Å². The van der Waals surface area contributed by atoms with Crippen LogP contribution >= 0.6 is 43.2 Å². The number of nitro groups is 1. The van der Waals surface area contributed by atoms with E-state index in [1.807, 2.05) is 6.07 Å². The summed E-state index contributed by atoms with van der Waals surface area (Å²) in [4.78, 5) is 27.0. The Morgan fingerprint density at radius 1 is 1.20 bits per heavy atom. The van der Waals surface area contributed by atoms with Crippen LogP contribution in [0.3, 0.4) is 0 Å². The van der Waals surface area contributed by atoms with Gasteiger partial charge in [0.05, 0.1) is 26.9 Å². The molecule has 0 fully saturated rings. The summed E-state index contributed by atoms with van der Waals surface area (Å²) in [6.07, 6.45) is 1.52. The fourth-order valence-corrected chi connectivity index (χ4v) is 4.63. The van der Waals surface area contributed by atoms with E-state index in [0.717, 1.165) is 9.86 Å². The first-order valence-corrected chi connectivity index (χ1v) is 10.8. The van der Waals surface area contributed by atoms with Gasteiger partial charge in [0.25, 0.3) is 5.69 Å². The molecule has 0 atom stereocenters. The van der Waals surface area contributed by atoms with Crippen molar-refractivity contribution in [1.82, 2.24) is 4.98 Å². The Morgan fingerprint density at radius 2 is 1.97 bits per heavy atom. The third-order valence-corrected chi connectivity index (χ3v) is 5.80. The Labute approximate surface area is 189 Å². The van der Waals surface area contributed by atoms with E-state index < -0.39 is 10.5 Å². The molecule has 0 radical (unpaired) electrons. The Balaban J connectivity index is 1.55. The highest BCUT2D eigenvalue weighted by Crippen LogP contribution is 2.31. The van der Waals surface area contributed by atoms with E-state index in [4.69, 9.17) is 4.42 Å². The van der Waals surface area contributed by atoms with Gasteiger partial charge < -0.3 is 4.42 Å². The van der Waals surface area contributed by atoms with Gasteiger partial charge in [0.2, 0.25) is 5.13 Å². The maximum absolute atomic E-state index is 12.4. The molecule has 150 valence electrons. The summed E-state index contributed by atoms with van der Waals surface area (Å²) in [5.74, 6) is 0. The van der Waals surface area contributed by atoms with Gasteiger partial charge in [-0.2, -0.15) is 5.10 Å². The van der Waals surface area contributed by atoms with Gasteiger partial charge in [-0.15, -0.1) is 11.3 Å². The lowest BCUT2D eigenvalue weighted by molar-refractivity contribution is -0.384. The number of nitrogens with one attached hydrogen (secondary N) is 1. The van der Waals surface area contributed by atoms with Crippen molar-refractivity contribution >= 4 is 71.2 Å². The molecule has 0 saturated heterocycles. The average molecular weight is 550 g/mol. The van der Waals surface area contributed by atoms with Crippen molar-refractivity contribution in [2.45, 2.75) is 0 Å². The van der Waals surface area contributed by atoms with Crippen LogP contribution in [0, 0.1) is 10.1 Å². The second-order valence-corrected chi connectivity index (χ2v) is 8.64. The third-order valence-electron chi connectivity index (χ3n) is 4.01. The lowest BCUT2D eigenvalue weighted by atomic mass is 10.1. The summed E-state index contributed by atoms with van der Waals surface area (Å²) in [6, 6.07) is 11.4. The average Bonchev–Trinajstić information content (AvgIpc) is 3.17. The van der Waals surface area contributed by atoms with Gasteiger partial charge >= 0.3 is 5.63 Å². The van der Waals surface area contributed by atoms with Gasteiger partial charge in [-0.05, 0) is 51.8 Å². The summed E-state index contributed by atoms with van der Waals surface area (Å²) in [6.45, 7) is 0. The number of hydrogen-bond acceptors (Lipinski definition) is 8. The molecule has 11 heteroatoms. The molecule has 0 aliphatic heterocycles. The molecule has 0 spiro atoms. The predicted octanol–water partition coefficient (Wildman–Crippen LogP) is 5.80. The molecular formula is C19H10Br2N4O4S. The van der Waals surface area contributed by atoms with Crippen LogP contribution in [0.4, 0.5) is 10.8 Å². The number of hydrazone groups is 1. The van der Waals surface area contributed by atoms with E-state index >= 15 is 0 Å². The number of thiazole rings is 1. The molecule has 0 unspecified atom stereocenters. The van der Waals surface area contributed by atoms with Gasteiger partial charge in [0.1, 0.15) is 0 Å². The van der Waals surface area contributed by atoms with Crippen LogP contribution in [-0.4, -0.2) is 16.1 Å². The van der Waals surface area contributed by atoms with Crippen molar-refractivity contribution in [3.05, 3.63) is 82.9 Å². The van der Waals surface area contributed by atoms with E-state index in [0.29, 0.717) is 32.0 Å². The first kappa shape index (κ1) is 20.4. The standard InChI is InChI=1S/C19H10Br2N4O4S/c20-12-5-11-6-14(18(26)29-17(11)15(21)7-12)16-9-30-19(23-16)24-22-8-10-1-3-13(4-2-10)25(27)28/h1-9H,(H,23,24). The molecule has 8 nitrogen and oxygen atoms in total. The van der Waals surface area contributed by atoms with E-state index in [1.54, 1.807) is 29.6 Å². The molecule has 2 heterocycles. The van der Waals surface area contributed by atoms with Crippen LogP contribution in [0.1, 0.15) is 5.56 Å². The van der Waals surface area contributed by atoms with Crippen LogP contribution < -0.4 is 11.1 Å². The van der Waals surface area contributed by atoms with Crippen molar-refractivity contribution in [3.63, 3.8) is 0 Å². The van der Waals surface area contributed by atoms with Crippen LogP contribution in [0.15, 0.2) is 71.1 Å². The van der Waals surface area contributed by atoms with Crippen molar-refractivity contribution in [1.29, 1.82) is 0 Å². The highest BCUT2D eigenvalue weighted by molar-refractivity contribution is 9.11. The van der Waals surface area contributed by atoms with Gasteiger partial charge in [-0.3, -0.25) is 15.5 Å². The zero-order valence-electron chi connectivity index (χ0n) is 14.8. The summed E-state index contributed by atoms with van der Waals surface area (Å²) in [5.41, 5.74) is 4.29. The fraction of sp³-hybridized carbons (Fsp3) is 0. The third kappa shape index (κ3) is 4.32. The molecule has 0 amide bonds. The molecule has 30 heavy (non-hydrogen) atoms. The number of anilines is 1. The highest BCUT2D eigenvalue weighted by atomic mass is 79.9. The zero-order chi connectivity index (χ0) is 21.3. The smallest absolute Gasteiger partial charge is 0.345 e. The Morgan fingerprint density at radius 3 is 2.70 bits per heavy atom. The SMILES string of the molecule is O=c1oc2c(Br)cc(Br)cc2cc1-c1csc(NN=Cc2ccc([N+](=O)[O-])cc2)n1. The molecule has 1 N–H and O–H groups in total. The molecule has 0 aliphatic rings. The largest absolute Gasteiger partial charge is 0.421 e. The van der Waals surface area contributed by atoms with Crippen molar-refractivity contribution in [2.24, 2.45) is 5.10 Å². The number of fused-ring (bicyclic) bond motifs is 1. The van der Waals surface area contributed by atoms with Crippen LogP contribution in [0.25, 0.3) is 22.2 Å². The lowest BCUT2D eigenvalue weighted by Crippen LogP contribution is -2.03. The second kappa shape index (κ2) is 8.46. The van der Waals surface area contributed by atoms with Crippen LogP contribution in [-0.2, 0) is 0 Å². The zero-order valence-corrected chi connectivity index (χ0v) is 18.8. The van der Waals surface area contributed by atoms with E-state index in [9.17, 15) is 14.9 Å². The normalized spacial score (nSPS) is 11.3. The summed E-state index contributed by atoms with van der Waals surface area (Å²) < 4.78 is 6.98. The number of aromatic nitrogens is 1. The van der Waals surface area contributed by atoms with E-state index in [-0.39, 0.29) is 5.69 Å². The molecule has 2 aromatic heterocycles. The van der Waals surface area contributed by atoms with E-state index in [1.165, 1.54) is 29.7 Å². The number of non-ortho nitro benzene ring substituents is 1. The van der Waals surface area contributed by atoms with E-state index in [2.05, 4.69) is 47.4 Å². The number of halogens is 2. The number of rotatable bonds is 5. The number of nitrogens with zero attached hydrogens (tertiary/aromatic N) is 3. The minimum absolute atomic E-state index is 0.0120. The van der Waals surface area contributed by atoms with Crippen LogP contribution in [0.5, 0.6) is 0 Å². The van der Waals surface area contributed by atoms with Gasteiger partial charge in [0.15, 0.2) is 5.58 Å². The Bertz CT molecular complexity index is 1350. The first-order valence-electron chi connectivity index (χ1n) is 8.33. The molecule has 2 aromatic carbocycles.